The van der Waals surface area contributed by atoms with E-state index in [-0.39, 0.29) is 11.9 Å². The molecular weight excluding hydrogens is 388 g/mol. The van der Waals surface area contributed by atoms with Crippen LogP contribution in [0.3, 0.4) is 0 Å². The van der Waals surface area contributed by atoms with Crippen LogP contribution in [0.5, 0.6) is 0 Å². The maximum atomic E-state index is 12.8. The summed E-state index contributed by atoms with van der Waals surface area (Å²) >= 11 is 0. The standard InChI is InChI=1S/C26H28N2O3/c1-18(23-9-5-7-20-6-3-4-8-24(20)23)27-16-19-14-15-28(17-19)25(29)21-10-12-22(13-11-21)26(30)31-2/h3-13,18-19,27H,14-17H2,1-2H3. The third-order valence-corrected chi connectivity index (χ3v) is 6.13. The van der Waals surface area contributed by atoms with E-state index in [0.717, 1.165) is 26.1 Å². The topological polar surface area (TPSA) is 58.6 Å². The van der Waals surface area contributed by atoms with Crippen molar-refractivity contribution in [2.75, 3.05) is 26.7 Å². The van der Waals surface area contributed by atoms with E-state index in [2.05, 4.69) is 54.7 Å². The van der Waals surface area contributed by atoms with Crippen LogP contribution in [0, 0.1) is 5.92 Å². The molecule has 1 heterocycles. The predicted molar refractivity (Wildman–Crippen MR) is 122 cm³/mol. The highest BCUT2D eigenvalue weighted by molar-refractivity contribution is 5.96. The fourth-order valence-corrected chi connectivity index (χ4v) is 4.31. The number of nitrogens with one attached hydrogen (secondary N) is 1. The number of likely N-dealkylation sites (tertiary alicyclic amines) is 1. The van der Waals surface area contributed by atoms with E-state index in [9.17, 15) is 9.59 Å². The predicted octanol–water partition coefficient (Wildman–Crippen LogP) is 4.44. The molecule has 3 aromatic rings. The Morgan fingerprint density at radius 3 is 2.52 bits per heavy atom. The van der Waals surface area contributed by atoms with Crippen LogP contribution in [-0.2, 0) is 4.74 Å². The quantitative estimate of drug-likeness (QED) is 0.604. The van der Waals surface area contributed by atoms with Gasteiger partial charge in [-0.3, -0.25) is 4.79 Å². The molecule has 1 N–H and O–H groups in total. The smallest absolute Gasteiger partial charge is 0.337 e. The lowest BCUT2D eigenvalue weighted by Gasteiger charge is -2.20. The highest BCUT2D eigenvalue weighted by atomic mass is 16.5. The minimum Gasteiger partial charge on any atom is -0.465 e. The summed E-state index contributed by atoms with van der Waals surface area (Å²) in [5, 5.41) is 6.20. The van der Waals surface area contributed by atoms with Gasteiger partial charge >= 0.3 is 5.97 Å². The van der Waals surface area contributed by atoms with Crippen molar-refractivity contribution >= 4 is 22.6 Å². The lowest BCUT2D eigenvalue weighted by molar-refractivity contribution is 0.0600. The molecule has 1 amide bonds. The Balaban J connectivity index is 1.34. The first-order chi connectivity index (χ1) is 15.1. The van der Waals surface area contributed by atoms with Crippen molar-refractivity contribution in [3.63, 3.8) is 0 Å². The number of esters is 1. The molecule has 2 unspecified atom stereocenters. The molecule has 0 bridgehead atoms. The van der Waals surface area contributed by atoms with Crippen LogP contribution >= 0.6 is 0 Å². The van der Waals surface area contributed by atoms with Gasteiger partial charge in [-0.05, 0) is 59.9 Å². The molecule has 1 saturated heterocycles. The van der Waals surface area contributed by atoms with Gasteiger partial charge < -0.3 is 15.0 Å². The number of amides is 1. The van der Waals surface area contributed by atoms with E-state index in [1.807, 2.05) is 4.90 Å². The molecule has 1 aliphatic rings. The van der Waals surface area contributed by atoms with E-state index in [1.54, 1.807) is 24.3 Å². The second kappa shape index (κ2) is 9.31. The second-order valence-electron chi connectivity index (χ2n) is 8.17. The summed E-state index contributed by atoms with van der Waals surface area (Å²) in [7, 11) is 1.35. The van der Waals surface area contributed by atoms with Crippen molar-refractivity contribution < 1.29 is 14.3 Å². The summed E-state index contributed by atoms with van der Waals surface area (Å²) < 4.78 is 4.71. The first kappa shape index (κ1) is 21.1. The molecule has 0 aliphatic carbocycles. The first-order valence-corrected chi connectivity index (χ1v) is 10.8. The van der Waals surface area contributed by atoms with E-state index in [1.165, 1.54) is 23.4 Å². The second-order valence-corrected chi connectivity index (χ2v) is 8.17. The minimum atomic E-state index is -0.397. The van der Waals surface area contributed by atoms with Crippen molar-refractivity contribution in [3.05, 3.63) is 83.4 Å². The summed E-state index contributed by atoms with van der Waals surface area (Å²) in [5.41, 5.74) is 2.35. The first-order valence-electron chi connectivity index (χ1n) is 10.8. The molecule has 5 heteroatoms. The molecular formula is C26H28N2O3. The fourth-order valence-electron chi connectivity index (χ4n) is 4.31. The van der Waals surface area contributed by atoms with Crippen molar-refractivity contribution in [1.29, 1.82) is 0 Å². The average molecular weight is 417 g/mol. The number of hydrogen-bond acceptors (Lipinski definition) is 4. The molecule has 0 radical (unpaired) electrons. The fraction of sp³-hybridized carbons (Fsp3) is 0.308. The van der Waals surface area contributed by atoms with Gasteiger partial charge in [-0.2, -0.15) is 0 Å². The lowest BCUT2D eigenvalue weighted by Crippen LogP contribution is -2.31. The maximum Gasteiger partial charge on any atom is 0.337 e. The monoisotopic (exact) mass is 416 g/mol. The highest BCUT2D eigenvalue weighted by Gasteiger charge is 2.27. The Labute approximate surface area is 183 Å². The van der Waals surface area contributed by atoms with Gasteiger partial charge in [0.2, 0.25) is 0 Å². The van der Waals surface area contributed by atoms with E-state index in [0.29, 0.717) is 17.0 Å². The number of methoxy groups -OCH3 is 1. The zero-order valence-electron chi connectivity index (χ0n) is 18.0. The molecule has 0 aromatic heterocycles. The van der Waals surface area contributed by atoms with E-state index < -0.39 is 5.97 Å². The van der Waals surface area contributed by atoms with Crippen molar-refractivity contribution in [3.8, 4) is 0 Å². The molecule has 0 spiro atoms. The molecule has 3 aromatic carbocycles. The van der Waals surface area contributed by atoms with Crippen LogP contribution in [0.2, 0.25) is 0 Å². The maximum absolute atomic E-state index is 12.8. The van der Waals surface area contributed by atoms with Gasteiger partial charge in [0.15, 0.2) is 0 Å². The summed E-state index contributed by atoms with van der Waals surface area (Å²) in [6.45, 7) is 4.57. The molecule has 4 rings (SSSR count). The number of fused-ring (bicyclic) bond motifs is 1. The normalized spacial score (nSPS) is 17.0. The van der Waals surface area contributed by atoms with Crippen LogP contribution in [0.15, 0.2) is 66.7 Å². The largest absolute Gasteiger partial charge is 0.465 e. The van der Waals surface area contributed by atoms with E-state index in [4.69, 9.17) is 4.74 Å². The Bertz CT molecular complexity index is 1070. The molecule has 31 heavy (non-hydrogen) atoms. The van der Waals surface area contributed by atoms with Crippen molar-refractivity contribution in [2.45, 2.75) is 19.4 Å². The van der Waals surface area contributed by atoms with Gasteiger partial charge in [-0.25, -0.2) is 4.79 Å². The average Bonchev–Trinajstić information content (AvgIpc) is 3.30. The third kappa shape index (κ3) is 4.62. The number of ether oxygens (including phenoxy) is 1. The number of rotatable bonds is 6. The number of nitrogens with zero attached hydrogens (tertiary/aromatic N) is 1. The molecule has 5 nitrogen and oxygen atoms in total. The summed E-state index contributed by atoms with van der Waals surface area (Å²) in [6, 6.07) is 21.8. The van der Waals surface area contributed by atoms with Gasteiger partial charge in [-0.15, -0.1) is 0 Å². The molecule has 0 saturated carbocycles. The van der Waals surface area contributed by atoms with Crippen molar-refractivity contribution in [1.82, 2.24) is 10.2 Å². The SMILES string of the molecule is COC(=O)c1ccc(C(=O)N2CCC(CNC(C)c3cccc4ccccc34)C2)cc1. The number of carbonyl (C=O) groups is 2. The third-order valence-electron chi connectivity index (χ3n) is 6.13. The Hall–Kier alpha value is -3.18. The number of carbonyl (C=O) groups excluding carboxylic acids is 2. The van der Waals surface area contributed by atoms with Crippen molar-refractivity contribution in [2.24, 2.45) is 5.92 Å². The molecule has 1 fully saturated rings. The van der Waals surface area contributed by atoms with Crippen LogP contribution in [0.4, 0.5) is 0 Å². The summed E-state index contributed by atoms with van der Waals surface area (Å²) in [5.74, 6) is 0.0448. The summed E-state index contributed by atoms with van der Waals surface area (Å²) in [4.78, 5) is 26.3. The molecule has 160 valence electrons. The number of benzene rings is 3. The van der Waals surface area contributed by atoms with Gasteiger partial charge in [0.05, 0.1) is 12.7 Å². The Morgan fingerprint density at radius 2 is 1.74 bits per heavy atom. The van der Waals surface area contributed by atoms with Crippen LogP contribution in [0.1, 0.15) is 45.7 Å². The molecule has 2 atom stereocenters. The van der Waals surface area contributed by atoms with Crippen LogP contribution in [-0.4, -0.2) is 43.5 Å². The number of hydrogen-bond donors (Lipinski definition) is 1. The van der Waals surface area contributed by atoms with Gasteiger partial charge in [0, 0.05) is 31.2 Å². The molecule has 1 aliphatic heterocycles. The lowest BCUT2D eigenvalue weighted by atomic mass is 9.99. The minimum absolute atomic E-state index is 0.0148. The van der Waals surface area contributed by atoms with Gasteiger partial charge in [0.25, 0.3) is 5.91 Å². The Morgan fingerprint density at radius 1 is 1.03 bits per heavy atom. The summed E-state index contributed by atoms with van der Waals surface area (Å²) in [6.07, 6.45) is 0.987. The van der Waals surface area contributed by atoms with Gasteiger partial charge in [0.1, 0.15) is 0 Å². The zero-order chi connectivity index (χ0) is 21.8. The van der Waals surface area contributed by atoms with Crippen LogP contribution < -0.4 is 5.32 Å². The van der Waals surface area contributed by atoms with Gasteiger partial charge in [-0.1, -0.05) is 42.5 Å². The highest BCUT2D eigenvalue weighted by Crippen LogP contribution is 2.25. The van der Waals surface area contributed by atoms with E-state index >= 15 is 0 Å². The van der Waals surface area contributed by atoms with Crippen LogP contribution in [0.25, 0.3) is 10.8 Å². The Kier molecular flexibility index (Phi) is 6.33. The zero-order valence-corrected chi connectivity index (χ0v) is 18.0.